The Kier molecular flexibility index (Phi) is 6.21. The second-order valence-corrected chi connectivity index (χ2v) is 6.52. The van der Waals surface area contributed by atoms with Gasteiger partial charge in [-0.05, 0) is 54.0 Å². The van der Waals surface area contributed by atoms with E-state index in [9.17, 15) is 4.79 Å². The van der Waals surface area contributed by atoms with Crippen LogP contribution < -0.4 is 0 Å². The number of rotatable bonds is 7. The highest BCUT2D eigenvalue weighted by atomic mass is 16.5. The molecule has 0 bridgehead atoms. The maximum atomic E-state index is 11.6. The van der Waals surface area contributed by atoms with Gasteiger partial charge in [0.1, 0.15) is 0 Å². The maximum absolute atomic E-state index is 11.6. The molecule has 0 aromatic heterocycles. The molecule has 0 aliphatic rings. The van der Waals surface area contributed by atoms with Crippen LogP contribution in [0.3, 0.4) is 0 Å². The van der Waals surface area contributed by atoms with Gasteiger partial charge in [0, 0.05) is 0 Å². The Morgan fingerprint density at radius 1 is 0.808 bits per heavy atom. The molecule has 3 rings (SSSR count). The molecule has 0 amide bonds. The number of methoxy groups -OCH3 is 1. The third-order valence-electron chi connectivity index (χ3n) is 4.75. The first-order chi connectivity index (χ1) is 12.8. The van der Waals surface area contributed by atoms with E-state index in [1.54, 1.807) is 0 Å². The molecule has 132 valence electrons. The summed E-state index contributed by atoms with van der Waals surface area (Å²) in [6.07, 6.45) is 3.10. The van der Waals surface area contributed by atoms with Gasteiger partial charge in [0.15, 0.2) is 0 Å². The molecule has 1 atom stereocenters. The summed E-state index contributed by atoms with van der Waals surface area (Å²) in [5.74, 6) is 0.153. The van der Waals surface area contributed by atoms with Crippen molar-refractivity contribution in [2.45, 2.75) is 25.2 Å². The SMILES string of the molecule is COC(=O)c1ccc(CC(CCc2ccccc2)c2ccccc2)cc1. The quantitative estimate of drug-likeness (QED) is 0.534. The van der Waals surface area contributed by atoms with E-state index in [0.717, 1.165) is 19.3 Å². The van der Waals surface area contributed by atoms with E-state index >= 15 is 0 Å². The highest BCUT2D eigenvalue weighted by Gasteiger charge is 2.13. The van der Waals surface area contributed by atoms with Gasteiger partial charge in [0.05, 0.1) is 12.7 Å². The zero-order chi connectivity index (χ0) is 18.2. The number of aryl methyl sites for hydroxylation is 1. The van der Waals surface area contributed by atoms with Crippen molar-refractivity contribution in [3.8, 4) is 0 Å². The fourth-order valence-corrected chi connectivity index (χ4v) is 3.28. The summed E-state index contributed by atoms with van der Waals surface area (Å²) in [5, 5.41) is 0. The molecule has 0 fully saturated rings. The minimum absolute atomic E-state index is 0.291. The normalized spacial score (nSPS) is 11.7. The van der Waals surface area contributed by atoms with Crippen molar-refractivity contribution < 1.29 is 9.53 Å². The van der Waals surface area contributed by atoms with Gasteiger partial charge >= 0.3 is 5.97 Å². The fraction of sp³-hybridized carbons (Fsp3) is 0.208. The Labute approximate surface area is 155 Å². The average molecular weight is 344 g/mol. The Balaban J connectivity index is 1.74. The molecule has 0 radical (unpaired) electrons. The molecule has 0 saturated heterocycles. The predicted octanol–water partition coefficient (Wildman–Crippen LogP) is 5.43. The number of esters is 1. The van der Waals surface area contributed by atoms with Crippen molar-refractivity contribution in [1.82, 2.24) is 0 Å². The number of benzene rings is 3. The molecule has 0 spiro atoms. The first-order valence-corrected chi connectivity index (χ1v) is 9.02. The van der Waals surface area contributed by atoms with E-state index in [1.807, 2.05) is 24.3 Å². The first kappa shape index (κ1) is 17.9. The molecule has 0 heterocycles. The van der Waals surface area contributed by atoms with Gasteiger partial charge in [0.25, 0.3) is 0 Å². The molecular weight excluding hydrogens is 320 g/mol. The minimum Gasteiger partial charge on any atom is -0.465 e. The van der Waals surface area contributed by atoms with Crippen LogP contribution >= 0.6 is 0 Å². The van der Waals surface area contributed by atoms with Gasteiger partial charge in [-0.2, -0.15) is 0 Å². The van der Waals surface area contributed by atoms with Gasteiger partial charge in [-0.3, -0.25) is 0 Å². The highest BCUT2D eigenvalue weighted by molar-refractivity contribution is 5.89. The van der Waals surface area contributed by atoms with E-state index in [4.69, 9.17) is 4.74 Å². The molecule has 26 heavy (non-hydrogen) atoms. The molecule has 0 aliphatic heterocycles. The van der Waals surface area contributed by atoms with Crippen LogP contribution in [-0.2, 0) is 17.6 Å². The molecule has 0 N–H and O–H groups in total. The van der Waals surface area contributed by atoms with E-state index in [-0.39, 0.29) is 5.97 Å². The molecule has 0 saturated carbocycles. The van der Waals surface area contributed by atoms with Crippen molar-refractivity contribution in [3.05, 3.63) is 107 Å². The Morgan fingerprint density at radius 2 is 1.42 bits per heavy atom. The molecular formula is C24H24O2. The molecule has 3 aromatic carbocycles. The van der Waals surface area contributed by atoms with Crippen molar-refractivity contribution in [2.24, 2.45) is 0 Å². The summed E-state index contributed by atoms with van der Waals surface area (Å²) < 4.78 is 4.78. The standard InChI is InChI=1S/C24H24O2/c1-26-24(25)22-15-13-20(14-16-22)18-23(21-10-6-3-7-11-21)17-12-19-8-4-2-5-9-19/h2-11,13-16,23H,12,17-18H2,1H3. The van der Waals surface area contributed by atoms with Crippen LogP contribution in [0, 0.1) is 0 Å². The summed E-state index contributed by atoms with van der Waals surface area (Å²) in [5.41, 5.74) is 4.56. The third kappa shape index (κ3) is 4.82. The molecule has 2 nitrogen and oxygen atoms in total. The Bertz CT molecular complexity index is 808. The first-order valence-electron chi connectivity index (χ1n) is 9.02. The van der Waals surface area contributed by atoms with Crippen molar-refractivity contribution in [1.29, 1.82) is 0 Å². The topological polar surface area (TPSA) is 26.3 Å². The number of ether oxygens (including phenoxy) is 1. The van der Waals surface area contributed by atoms with E-state index in [1.165, 1.54) is 23.8 Å². The number of hydrogen-bond acceptors (Lipinski definition) is 2. The van der Waals surface area contributed by atoms with Gasteiger partial charge in [0.2, 0.25) is 0 Å². The van der Waals surface area contributed by atoms with E-state index in [2.05, 4.69) is 60.7 Å². The van der Waals surface area contributed by atoms with Crippen molar-refractivity contribution in [3.63, 3.8) is 0 Å². The van der Waals surface area contributed by atoms with Gasteiger partial charge in [-0.15, -0.1) is 0 Å². The second kappa shape index (κ2) is 9.00. The van der Waals surface area contributed by atoms with Crippen LogP contribution in [0.5, 0.6) is 0 Å². The van der Waals surface area contributed by atoms with Crippen molar-refractivity contribution in [2.75, 3.05) is 7.11 Å². The fourth-order valence-electron chi connectivity index (χ4n) is 3.28. The summed E-state index contributed by atoms with van der Waals surface area (Å²) >= 11 is 0. The van der Waals surface area contributed by atoms with Gasteiger partial charge < -0.3 is 4.74 Å². The highest BCUT2D eigenvalue weighted by Crippen LogP contribution is 2.26. The lowest BCUT2D eigenvalue weighted by Gasteiger charge is -2.18. The lowest BCUT2D eigenvalue weighted by Crippen LogP contribution is -2.06. The van der Waals surface area contributed by atoms with Crippen molar-refractivity contribution >= 4 is 5.97 Å². The van der Waals surface area contributed by atoms with Crippen LogP contribution in [0.1, 0.15) is 39.4 Å². The van der Waals surface area contributed by atoms with Crippen LogP contribution in [0.15, 0.2) is 84.9 Å². The molecule has 0 aliphatic carbocycles. The zero-order valence-corrected chi connectivity index (χ0v) is 15.1. The van der Waals surface area contributed by atoms with Crippen LogP contribution in [0.25, 0.3) is 0 Å². The lowest BCUT2D eigenvalue weighted by molar-refractivity contribution is 0.0600. The van der Waals surface area contributed by atoms with Crippen LogP contribution in [-0.4, -0.2) is 13.1 Å². The van der Waals surface area contributed by atoms with E-state index in [0.29, 0.717) is 11.5 Å². The second-order valence-electron chi connectivity index (χ2n) is 6.52. The van der Waals surface area contributed by atoms with E-state index < -0.39 is 0 Å². The Morgan fingerprint density at radius 3 is 2.04 bits per heavy atom. The zero-order valence-electron chi connectivity index (χ0n) is 15.1. The summed E-state index contributed by atoms with van der Waals surface area (Å²) in [7, 11) is 1.41. The molecule has 3 aromatic rings. The number of hydrogen-bond donors (Lipinski definition) is 0. The Hall–Kier alpha value is -2.87. The molecule has 1 unspecified atom stereocenters. The molecule has 2 heteroatoms. The summed E-state index contributed by atoms with van der Waals surface area (Å²) in [6, 6.07) is 29.1. The average Bonchev–Trinajstić information content (AvgIpc) is 2.72. The summed E-state index contributed by atoms with van der Waals surface area (Å²) in [4.78, 5) is 11.6. The largest absolute Gasteiger partial charge is 0.465 e. The predicted molar refractivity (Wildman–Crippen MR) is 105 cm³/mol. The number of carbonyl (C=O) groups is 1. The summed E-state index contributed by atoms with van der Waals surface area (Å²) in [6.45, 7) is 0. The third-order valence-corrected chi connectivity index (χ3v) is 4.75. The van der Waals surface area contributed by atoms with Crippen LogP contribution in [0.4, 0.5) is 0 Å². The smallest absolute Gasteiger partial charge is 0.337 e. The van der Waals surface area contributed by atoms with Crippen LogP contribution in [0.2, 0.25) is 0 Å². The monoisotopic (exact) mass is 344 g/mol. The minimum atomic E-state index is -0.291. The number of carbonyl (C=O) groups excluding carboxylic acids is 1. The van der Waals surface area contributed by atoms with Gasteiger partial charge in [-0.25, -0.2) is 4.79 Å². The maximum Gasteiger partial charge on any atom is 0.337 e. The van der Waals surface area contributed by atoms with Gasteiger partial charge in [-0.1, -0.05) is 72.8 Å². The lowest BCUT2D eigenvalue weighted by atomic mass is 9.87.